The van der Waals surface area contributed by atoms with E-state index in [2.05, 4.69) is 16.2 Å². The molecule has 0 radical (unpaired) electrons. The maximum absolute atomic E-state index is 5.80. The van der Waals surface area contributed by atoms with E-state index in [1.54, 1.807) is 12.1 Å². The second-order valence-electron chi connectivity index (χ2n) is 5.54. The Labute approximate surface area is 133 Å². The molecule has 5 heteroatoms. The van der Waals surface area contributed by atoms with Crippen molar-refractivity contribution in [2.75, 3.05) is 12.3 Å². The zero-order valence-corrected chi connectivity index (χ0v) is 12.6. The first kappa shape index (κ1) is 13.6. The molecule has 2 heterocycles. The summed E-state index contributed by atoms with van der Waals surface area (Å²) >= 11 is 0. The molecule has 1 aromatic heterocycles. The standard InChI is InChI=1S/C18H15N3O2/c1-11-2-3-13-9-14(10-22-16(13)8-11)17-20-18(23-21-17)12-4-6-15(19)7-5-12/h2-9H,10,19H2,1H3. The van der Waals surface area contributed by atoms with Gasteiger partial charge in [-0.25, -0.2) is 0 Å². The van der Waals surface area contributed by atoms with Crippen LogP contribution in [0.25, 0.3) is 23.1 Å². The number of aromatic nitrogens is 2. The first-order chi connectivity index (χ1) is 11.2. The van der Waals surface area contributed by atoms with Crippen molar-refractivity contribution in [3.8, 4) is 17.2 Å². The van der Waals surface area contributed by atoms with Crippen LogP contribution in [0.1, 0.15) is 17.0 Å². The normalized spacial score (nSPS) is 13.2. The molecule has 0 saturated heterocycles. The Morgan fingerprint density at radius 2 is 1.91 bits per heavy atom. The Morgan fingerprint density at radius 1 is 1.09 bits per heavy atom. The molecule has 0 atom stereocenters. The van der Waals surface area contributed by atoms with Crippen molar-refractivity contribution in [1.82, 2.24) is 10.1 Å². The molecule has 0 aliphatic carbocycles. The second kappa shape index (κ2) is 5.28. The molecule has 0 spiro atoms. The van der Waals surface area contributed by atoms with E-state index in [1.807, 2.05) is 37.3 Å². The average Bonchev–Trinajstić information content (AvgIpc) is 3.05. The van der Waals surface area contributed by atoms with Crippen LogP contribution in [0.4, 0.5) is 5.69 Å². The number of aryl methyl sites for hydroxylation is 1. The summed E-state index contributed by atoms with van der Waals surface area (Å²) < 4.78 is 11.1. The molecule has 0 amide bonds. The van der Waals surface area contributed by atoms with Gasteiger partial charge < -0.3 is 15.0 Å². The fourth-order valence-electron chi connectivity index (χ4n) is 2.50. The number of anilines is 1. The predicted molar refractivity (Wildman–Crippen MR) is 88.7 cm³/mol. The Bertz CT molecular complexity index is 895. The third-order valence-electron chi connectivity index (χ3n) is 3.75. The molecule has 114 valence electrons. The van der Waals surface area contributed by atoms with Crippen molar-refractivity contribution < 1.29 is 9.26 Å². The van der Waals surface area contributed by atoms with Crippen LogP contribution >= 0.6 is 0 Å². The number of nitrogens with zero attached hydrogens (tertiary/aromatic N) is 2. The van der Waals surface area contributed by atoms with Gasteiger partial charge in [0, 0.05) is 22.4 Å². The molecule has 0 bridgehead atoms. The van der Waals surface area contributed by atoms with E-state index in [0.29, 0.717) is 24.0 Å². The van der Waals surface area contributed by atoms with Crippen LogP contribution in [0.2, 0.25) is 0 Å². The summed E-state index contributed by atoms with van der Waals surface area (Å²) in [5, 5.41) is 4.06. The number of rotatable bonds is 2. The molecule has 3 aromatic rings. The van der Waals surface area contributed by atoms with Gasteiger partial charge in [0.15, 0.2) is 0 Å². The molecular weight excluding hydrogens is 290 g/mol. The van der Waals surface area contributed by atoms with Gasteiger partial charge in [0.2, 0.25) is 5.82 Å². The molecule has 0 fully saturated rings. The van der Waals surface area contributed by atoms with Crippen LogP contribution < -0.4 is 10.5 Å². The molecule has 1 aliphatic rings. The van der Waals surface area contributed by atoms with Crippen molar-refractivity contribution >= 4 is 17.3 Å². The third-order valence-corrected chi connectivity index (χ3v) is 3.75. The summed E-state index contributed by atoms with van der Waals surface area (Å²) in [6, 6.07) is 13.4. The number of benzene rings is 2. The summed E-state index contributed by atoms with van der Waals surface area (Å²) in [6.45, 7) is 2.47. The van der Waals surface area contributed by atoms with Crippen molar-refractivity contribution in [2.45, 2.75) is 6.92 Å². The van der Waals surface area contributed by atoms with Crippen LogP contribution in [0, 0.1) is 6.92 Å². The van der Waals surface area contributed by atoms with E-state index in [9.17, 15) is 0 Å². The first-order valence-corrected chi connectivity index (χ1v) is 7.33. The summed E-state index contributed by atoms with van der Waals surface area (Å²) in [7, 11) is 0. The summed E-state index contributed by atoms with van der Waals surface area (Å²) in [5.74, 6) is 1.90. The fourth-order valence-corrected chi connectivity index (χ4v) is 2.50. The van der Waals surface area contributed by atoms with E-state index < -0.39 is 0 Å². The van der Waals surface area contributed by atoms with Crippen molar-refractivity contribution in [3.63, 3.8) is 0 Å². The largest absolute Gasteiger partial charge is 0.488 e. The second-order valence-corrected chi connectivity index (χ2v) is 5.54. The molecule has 5 nitrogen and oxygen atoms in total. The lowest BCUT2D eigenvalue weighted by Gasteiger charge is -2.16. The average molecular weight is 305 g/mol. The minimum atomic E-state index is 0.428. The number of fused-ring (bicyclic) bond motifs is 1. The zero-order valence-electron chi connectivity index (χ0n) is 12.6. The highest BCUT2D eigenvalue weighted by Gasteiger charge is 2.18. The van der Waals surface area contributed by atoms with E-state index in [-0.39, 0.29) is 0 Å². The molecule has 0 unspecified atom stereocenters. The van der Waals surface area contributed by atoms with E-state index in [0.717, 1.165) is 22.4 Å². The Hall–Kier alpha value is -3.08. The van der Waals surface area contributed by atoms with E-state index in [1.165, 1.54) is 5.56 Å². The topological polar surface area (TPSA) is 74.2 Å². The number of hydrogen-bond acceptors (Lipinski definition) is 5. The molecule has 2 N–H and O–H groups in total. The van der Waals surface area contributed by atoms with E-state index in [4.69, 9.17) is 15.0 Å². The van der Waals surface area contributed by atoms with Crippen molar-refractivity contribution in [1.29, 1.82) is 0 Å². The minimum Gasteiger partial charge on any atom is -0.488 e. The lowest BCUT2D eigenvalue weighted by Crippen LogP contribution is -2.07. The highest BCUT2D eigenvalue weighted by molar-refractivity contribution is 5.83. The highest BCUT2D eigenvalue weighted by Crippen LogP contribution is 2.31. The van der Waals surface area contributed by atoms with Gasteiger partial charge in [-0.05, 0) is 48.9 Å². The Balaban J connectivity index is 1.67. The predicted octanol–water partition coefficient (Wildman–Crippen LogP) is 3.56. The lowest BCUT2D eigenvalue weighted by atomic mass is 10.1. The minimum absolute atomic E-state index is 0.428. The van der Waals surface area contributed by atoms with Crippen molar-refractivity contribution in [2.24, 2.45) is 0 Å². The number of nitrogens with two attached hydrogens (primary N) is 1. The first-order valence-electron chi connectivity index (χ1n) is 7.33. The van der Waals surface area contributed by atoms with Crippen LogP contribution in [0.3, 0.4) is 0 Å². The van der Waals surface area contributed by atoms with E-state index >= 15 is 0 Å². The number of nitrogen functional groups attached to an aromatic ring is 1. The fraction of sp³-hybridized carbons (Fsp3) is 0.111. The Morgan fingerprint density at radius 3 is 2.74 bits per heavy atom. The molecule has 23 heavy (non-hydrogen) atoms. The zero-order chi connectivity index (χ0) is 15.8. The van der Waals surface area contributed by atoms with Crippen molar-refractivity contribution in [3.05, 3.63) is 59.4 Å². The van der Waals surface area contributed by atoms with Gasteiger partial charge in [-0.15, -0.1) is 0 Å². The van der Waals surface area contributed by atoms with Gasteiger partial charge in [0.05, 0.1) is 0 Å². The molecule has 1 aliphatic heterocycles. The summed E-state index contributed by atoms with van der Waals surface area (Å²) in [5.41, 5.74) is 10.3. The molecular formula is C18H15N3O2. The smallest absolute Gasteiger partial charge is 0.258 e. The van der Waals surface area contributed by atoms with Crippen LogP contribution in [0.15, 0.2) is 47.0 Å². The molecule has 0 saturated carbocycles. The third kappa shape index (κ3) is 2.57. The van der Waals surface area contributed by atoms with Gasteiger partial charge in [-0.3, -0.25) is 0 Å². The monoisotopic (exact) mass is 305 g/mol. The molecule has 4 rings (SSSR count). The maximum atomic E-state index is 5.80. The molecule has 2 aromatic carbocycles. The quantitative estimate of drug-likeness (QED) is 0.733. The van der Waals surface area contributed by atoms with Gasteiger partial charge in [-0.1, -0.05) is 17.3 Å². The van der Waals surface area contributed by atoms with Gasteiger partial charge in [0.1, 0.15) is 12.4 Å². The van der Waals surface area contributed by atoms with Gasteiger partial charge in [-0.2, -0.15) is 4.98 Å². The number of hydrogen-bond donors (Lipinski definition) is 1. The van der Waals surface area contributed by atoms with Crippen LogP contribution in [0.5, 0.6) is 5.75 Å². The van der Waals surface area contributed by atoms with Gasteiger partial charge >= 0.3 is 0 Å². The number of ether oxygens (including phenoxy) is 1. The maximum Gasteiger partial charge on any atom is 0.258 e. The Kier molecular flexibility index (Phi) is 3.12. The van der Waals surface area contributed by atoms with Crippen LogP contribution in [-0.2, 0) is 0 Å². The van der Waals surface area contributed by atoms with Crippen LogP contribution in [-0.4, -0.2) is 16.7 Å². The van der Waals surface area contributed by atoms with Gasteiger partial charge in [0.25, 0.3) is 5.89 Å². The highest BCUT2D eigenvalue weighted by atomic mass is 16.5. The summed E-state index contributed by atoms with van der Waals surface area (Å²) in [6.07, 6.45) is 2.04. The lowest BCUT2D eigenvalue weighted by molar-refractivity contribution is 0.363. The SMILES string of the molecule is Cc1ccc2c(c1)OCC(c1noc(-c3ccc(N)cc3)n1)=C2. The summed E-state index contributed by atoms with van der Waals surface area (Å²) in [4.78, 5) is 4.46.